The average Bonchev–Trinajstić information content (AvgIpc) is 3.17. The highest BCUT2D eigenvalue weighted by molar-refractivity contribution is 6.39. The Kier molecular flexibility index (Phi) is 4.40. The minimum Gasteiger partial charge on any atom is -0.480 e. The molecule has 0 heterocycles. The van der Waals surface area contributed by atoms with E-state index in [2.05, 4.69) is 0 Å². The molecule has 0 aromatic heterocycles. The first-order valence-corrected chi connectivity index (χ1v) is 6.89. The van der Waals surface area contributed by atoms with Crippen molar-refractivity contribution in [2.45, 2.75) is 12.8 Å². The number of hydrogen-bond donors (Lipinski definition) is 2. The molecule has 1 aromatic rings. The van der Waals surface area contributed by atoms with Crippen molar-refractivity contribution in [3.8, 4) is 0 Å². The van der Waals surface area contributed by atoms with Crippen LogP contribution in [0, 0.1) is 5.92 Å². The second kappa shape index (κ2) is 5.89. The van der Waals surface area contributed by atoms with Crippen LogP contribution in [0.25, 0.3) is 0 Å². The van der Waals surface area contributed by atoms with Crippen LogP contribution in [0.3, 0.4) is 0 Å². The van der Waals surface area contributed by atoms with Gasteiger partial charge in [-0.25, -0.2) is 0 Å². The summed E-state index contributed by atoms with van der Waals surface area (Å²) in [6.45, 7) is 0.0969. The topological polar surface area (TPSA) is 83.6 Å². The number of nitrogens with zero attached hydrogens (tertiary/aromatic N) is 1. The van der Waals surface area contributed by atoms with Crippen LogP contribution < -0.4 is 5.73 Å². The van der Waals surface area contributed by atoms with Crippen molar-refractivity contribution in [1.82, 2.24) is 4.90 Å². The summed E-state index contributed by atoms with van der Waals surface area (Å²) >= 11 is 11.8. The Morgan fingerprint density at radius 3 is 2.30 bits per heavy atom. The van der Waals surface area contributed by atoms with E-state index >= 15 is 0 Å². The van der Waals surface area contributed by atoms with Crippen molar-refractivity contribution in [3.63, 3.8) is 0 Å². The predicted molar refractivity (Wildman–Crippen MR) is 77.1 cm³/mol. The van der Waals surface area contributed by atoms with Crippen LogP contribution in [0.2, 0.25) is 10.0 Å². The quantitative estimate of drug-likeness (QED) is 0.817. The monoisotopic (exact) mass is 316 g/mol. The van der Waals surface area contributed by atoms with E-state index in [1.807, 2.05) is 0 Å². The Hall–Kier alpha value is -1.46. The molecule has 0 unspecified atom stereocenters. The number of nitrogen functional groups attached to an aromatic ring is 1. The summed E-state index contributed by atoms with van der Waals surface area (Å²) < 4.78 is 0. The summed E-state index contributed by atoms with van der Waals surface area (Å²) in [5, 5.41) is 9.27. The second-order valence-electron chi connectivity index (χ2n) is 4.88. The first-order chi connectivity index (χ1) is 9.38. The highest BCUT2D eigenvalue weighted by Gasteiger charge is 2.28. The molecule has 1 aliphatic rings. The number of carbonyl (C=O) groups excluding carboxylic acids is 1. The van der Waals surface area contributed by atoms with Crippen LogP contribution in [0.5, 0.6) is 0 Å². The molecule has 7 heteroatoms. The minimum atomic E-state index is -1.05. The van der Waals surface area contributed by atoms with Gasteiger partial charge in [0.2, 0.25) is 0 Å². The van der Waals surface area contributed by atoms with Crippen molar-refractivity contribution < 1.29 is 14.7 Å². The summed E-state index contributed by atoms with van der Waals surface area (Å²) in [5.74, 6) is -1.06. The molecule has 20 heavy (non-hydrogen) atoms. The van der Waals surface area contributed by atoms with Gasteiger partial charge in [0.05, 0.1) is 15.7 Å². The summed E-state index contributed by atoms with van der Waals surface area (Å²) in [4.78, 5) is 24.5. The van der Waals surface area contributed by atoms with Crippen molar-refractivity contribution in [2.24, 2.45) is 5.92 Å². The van der Waals surface area contributed by atoms with E-state index in [4.69, 9.17) is 34.0 Å². The van der Waals surface area contributed by atoms with Gasteiger partial charge in [0, 0.05) is 12.1 Å². The Bertz CT molecular complexity index is 536. The number of benzene rings is 1. The van der Waals surface area contributed by atoms with Crippen molar-refractivity contribution in [1.29, 1.82) is 0 Å². The molecule has 0 saturated heterocycles. The number of halogens is 2. The molecule has 1 aromatic carbocycles. The number of anilines is 1. The van der Waals surface area contributed by atoms with Crippen molar-refractivity contribution >= 4 is 40.8 Å². The van der Waals surface area contributed by atoms with Gasteiger partial charge in [0.25, 0.3) is 5.91 Å². The maximum Gasteiger partial charge on any atom is 0.323 e. The van der Waals surface area contributed by atoms with Crippen LogP contribution in [0.1, 0.15) is 23.2 Å². The first kappa shape index (κ1) is 14.9. The maximum atomic E-state index is 12.4. The molecule has 3 N–H and O–H groups in total. The van der Waals surface area contributed by atoms with Crippen LogP contribution in [-0.4, -0.2) is 35.0 Å². The van der Waals surface area contributed by atoms with E-state index in [-0.39, 0.29) is 27.8 Å². The van der Waals surface area contributed by atoms with Gasteiger partial charge < -0.3 is 15.7 Å². The second-order valence-corrected chi connectivity index (χ2v) is 5.69. The van der Waals surface area contributed by atoms with Crippen LogP contribution in [-0.2, 0) is 4.79 Å². The third-order valence-electron chi connectivity index (χ3n) is 3.11. The average molecular weight is 317 g/mol. The lowest BCUT2D eigenvalue weighted by molar-refractivity contribution is -0.137. The summed E-state index contributed by atoms with van der Waals surface area (Å²) in [6.07, 6.45) is 2.04. The summed E-state index contributed by atoms with van der Waals surface area (Å²) in [7, 11) is 0. The molecular formula is C13H14Cl2N2O3. The number of carbonyl (C=O) groups is 2. The van der Waals surface area contributed by atoms with E-state index in [9.17, 15) is 9.59 Å². The minimum absolute atomic E-state index is 0.183. The van der Waals surface area contributed by atoms with Gasteiger partial charge in [-0.3, -0.25) is 9.59 Å². The number of carboxylic acids is 1. The molecule has 0 aliphatic heterocycles. The number of aliphatic carboxylic acids is 1. The van der Waals surface area contributed by atoms with Crippen LogP contribution >= 0.6 is 23.2 Å². The first-order valence-electron chi connectivity index (χ1n) is 6.14. The fraction of sp³-hybridized carbons (Fsp3) is 0.385. The molecule has 1 fully saturated rings. The number of nitrogens with two attached hydrogens (primary N) is 1. The zero-order valence-corrected chi connectivity index (χ0v) is 12.1. The molecule has 0 bridgehead atoms. The molecule has 1 aliphatic carbocycles. The third-order valence-corrected chi connectivity index (χ3v) is 3.74. The van der Waals surface area contributed by atoms with E-state index < -0.39 is 11.9 Å². The highest BCUT2D eigenvalue weighted by Crippen LogP contribution is 2.32. The zero-order valence-electron chi connectivity index (χ0n) is 10.6. The summed E-state index contributed by atoms with van der Waals surface area (Å²) in [5.41, 5.74) is 6.07. The van der Waals surface area contributed by atoms with Gasteiger partial charge >= 0.3 is 5.97 Å². The summed E-state index contributed by atoms with van der Waals surface area (Å²) in [6, 6.07) is 2.82. The predicted octanol–water partition coefficient (Wildman–Crippen LogP) is 2.51. The van der Waals surface area contributed by atoms with Gasteiger partial charge in [-0.1, -0.05) is 23.2 Å². The van der Waals surface area contributed by atoms with Gasteiger partial charge in [0.15, 0.2) is 0 Å². The van der Waals surface area contributed by atoms with Gasteiger partial charge in [-0.15, -0.1) is 0 Å². The Labute approximate surface area is 126 Å². The van der Waals surface area contributed by atoms with Crippen molar-refractivity contribution in [2.75, 3.05) is 18.8 Å². The Morgan fingerprint density at radius 1 is 1.30 bits per heavy atom. The molecule has 5 nitrogen and oxygen atoms in total. The number of amides is 1. The zero-order chi connectivity index (χ0) is 14.9. The van der Waals surface area contributed by atoms with E-state index in [0.29, 0.717) is 12.5 Å². The SMILES string of the molecule is Nc1c(Cl)cc(C(=O)N(CC(=O)O)CC2CC2)cc1Cl. The molecular weight excluding hydrogens is 303 g/mol. The largest absolute Gasteiger partial charge is 0.480 e. The molecule has 0 atom stereocenters. The number of rotatable bonds is 5. The standard InChI is InChI=1S/C13H14Cl2N2O3/c14-9-3-8(4-10(15)12(9)16)13(20)17(6-11(18)19)5-7-1-2-7/h3-4,7H,1-2,5-6,16H2,(H,18,19). The van der Waals surface area contributed by atoms with Crippen molar-refractivity contribution in [3.05, 3.63) is 27.7 Å². The molecule has 0 radical (unpaired) electrons. The molecule has 0 spiro atoms. The van der Waals surface area contributed by atoms with Gasteiger partial charge in [-0.2, -0.15) is 0 Å². The lowest BCUT2D eigenvalue weighted by Crippen LogP contribution is -2.37. The van der Waals surface area contributed by atoms with Gasteiger partial charge in [0.1, 0.15) is 6.54 Å². The van der Waals surface area contributed by atoms with E-state index in [1.54, 1.807) is 0 Å². The molecule has 108 valence electrons. The highest BCUT2D eigenvalue weighted by atomic mass is 35.5. The van der Waals surface area contributed by atoms with E-state index in [1.165, 1.54) is 17.0 Å². The van der Waals surface area contributed by atoms with E-state index in [0.717, 1.165) is 12.8 Å². The Balaban J connectivity index is 2.23. The van der Waals surface area contributed by atoms with Gasteiger partial charge in [-0.05, 0) is 30.9 Å². The maximum absolute atomic E-state index is 12.4. The van der Waals surface area contributed by atoms with Crippen LogP contribution in [0.15, 0.2) is 12.1 Å². The van der Waals surface area contributed by atoms with Crippen LogP contribution in [0.4, 0.5) is 5.69 Å². The molecule has 2 rings (SSSR count). The number of carboxylic acid groups (broad SMARTS) is 1. The fourth-order valence-electron chi connectivity index (χ4n) is 1.88. The fourth-order valence-corrected chi connectivity index (χ4v) is 2.37. The Morgan fingerprint density at radius 2 is 1.85 bits per heavy atom. The number of hydrogen-bond acceptors (Lipinski definition) is 3. The lowest BCUT2D eigenvalue weighted by atomic mass is 10.1. The lowest BCUT2D eigenvalue weighted by Gasteiger charge is -2.21. The molecule has 1 saturated carbocycles. The third kappa shape index (κ3) is 3.55. The normalized spacial score (nSPS) is 14.1. The smallest absolute Gasteiger partial charge is 0.323 e. The molecule has 1 amide bonds.